The Morgan fingerprint density at radius 2 is 1.67 bits per heavy atom. The molecule has 128 valence electrons. The maximum absolute atomic E-state index is 12.6. The highest BCUT2D eigenvalue weighted by atomic mass is 16.5. The number of esters is 1. The first-order valence-corrected chi connectivity index (χ1v) is 7.76. The van der Waals surface area contributed by atoms with E-state index in [2.05, 4.69) is 5.32 Å². The zero-order valence-electron chi connectivity index (χ0n) is 14.4. The van der Waals surface area contributed by atoms with Crippen molar-refractivity contribution in [1.82, 2.24) is 5.32 Å². The van der Waals surface area contributed by atoms with E-state index in [0.29, 0.717) is 17.1 Å². The molecule has 0 unspecified atom stereocenters. The maximum Gasteiger partial charge on any atom is 0.338 e. The number of likely N-dealkylation sites (N-methyl/N-ethyl adjacent to an activating group) is 1. The number of ether oxygens (including phenoxy) is 3. The smallest absolute Gasteiger partial charge is 0.338 e. The van der Waals surface area contributed by atoms with Gasteiger partial charge in [0.1, 0.15) is 6.10 Å². The Bertz CT molecular complexity index is 672. The van der Waals surface area contributed by atoms with Gasteiger partial charge in [-0.25, -0.2) is 4.79 Å². The molecule has 1 N–H and O–H groups in total. The van der Waals surface area contributed by atoms with Gasteiger partial charge >= 0.3 is 5.97 Å². The fraction of sp³-hybridized carbons (Fsp3) is 0.316. The highest BCUT2D eigenvalue weighted by Crippen LogP contribution is 2.29. The van der Waals surface area contributed by atoms with E-state index < -0.39 is 12.1 Å². The maximum atomic E-state index is 12.6. The molecule has 0 bridgehead atoms. The first-order chi connectivity index (χ1) is 11.6. The molecule has 24 heavy (non-hydrogen) atoms. The second-order valence-corrected chi connectivity index (χ2v) is 5.38. The number of nitrogens with one attached hydrogen (secondary N) is 1. The number of carbonyl (C=O) groups is 1. The SMILES string of the molecule is CN[C@H](C)[C@H](OC(=O)c1ccc(OC)c(OC)c1)c1ccccc1. The van der Waals surface area contributed by atoms with Gasteiger partial charge in [-0.3, -0.25) is 0 Å². The molecular weight excluding hydrogens is 306 g/mol. The van der Waals surface area contributed by atoms with Crippen LogP contribution < -0.4 is 14.8 Å². The van der Waals surface area contributed by atoms with Crippen molar-refractivity contribution in [2.75, 3.05) is 21.3 Å². The van der Waals surface area contributed by atoms with E-state index in [-0.39, 0.29) is 6.04 Å². The number of hydrogen-bond donors (Lipinski definition) is 1. The second kappa shape index (κ2) is 8.36. The Kier molecular flexibility index (Phi) is 6.21. The number of rotatable bonds is 7. The molecule has 5 nitrogen and oxygen atoms in total. The van der Waals surface area contributed by atoms with Gasteiger partial charge in [0.05, 0.1) is 19.8 Å². The normalized spacial score (nSPS) is 13.0. The van der Waals surface area contributed by atoms with Gasteiger partial charge in [-0.15, -0.1) is 0 Å². The zero-order valence-corrected chi connectivity index (χ0v) is 14.4. The van der Waals surface area contributed by atoms with Crippen LogP contribution in [0.2, 0.25) is 0 Å². The molecule has 0 saturated heterocycles. The summed E-state index contributed by atoms with van der Waals surface area (Å²) >= 11 is 0. The summed E-state index contributed by atoms with van der Waals surface area (Å²) < 4.78 is 16.2. The molecule has 0 saturated carbocycles. The lowest BCUT2D eigenvalue weighted by molar-refractivity contribution is 0.0219. The molecule has 0 aromatic heterocycles. The van der Waals surface area contributed by atoms with Crippen molar-refractivity contribution in [1.29, 1.82) is 0 Å². The summed E-state index contributed by atoms with van der Waals surface area (Å²) in [7, 11) is 4.92. The van der Waals surface area contributed by atoms with Crippen molar-refractivity contribution in [3.63, 3.8) is 0 Å². The highest BCUT2D eigenvalue weighted by Gasteiger charge is 2.23. The Balaban J connectivity index is 2.25. The largest absolute Gasteiger partial charge is 0.493 e. The standard InChI is InChI=1S/C19H23NO4/c1-13(20-2)18(14-8-6-5-7-9-14)24-19(21)15-10-11-16(22-3)17(12-15)23-4/h5-13,18,20H,1-4H3/t13-,18+/m1/s1. The van der Waals surface area contributed by atoms with E-state index in [1.54, 1.807) is 25.3 Å². The van der Waals surface area contributed by atoms with Crippen LogP contribution in [0.25, 0.3) is 0 Å². The molecule has 0 amide bonds. The first-order valence-electron chi connectivity index (χ1n) is 7.76. The molecule has 0 radical (unpaired) electrons. The van der Waals surface area contributed by atoms with Crippen molar-refractivity contribution in [2.24, 2.45) is 0 Å². The van der Waals surface area contributed by atoms with Crippen LogP contribution in [0.1, 0.15) is 28.9 Å². The predicted octanol–water partition coefficient (Wildman–Crippen LogP) is 3.21. The second-order valence-electron chi connectivity index (χ2n) is 5.38. The molecule has 0 spiro atoms. The van der Waals surface area contributed by atoms with Gasteiger partial charge in [-0.2, -0.15) is 0 Å². The van der Waals surface area contributed by atoms with Crippen LogP contribution in [0.15, 0.2) is 48.5 Å². The van der Waals surface area contributed by atoms with E-state index in [1.165, 1.54) is 7.11 Å². The van der Waals surface area contributed by atoms with E-state index >= 15 is 0 Å². The van der Waals surface area contributed by atoms with Crippen LogP contribution >= 0.6 is 0 Å². The Morgan fingerprint density at radius 1 is 1.00 bits per heavy atom. The average molecular weight is 329 g/mol. The molecular formula is C19H23NO4. The fourth-order valence-corrected chi connectivity index (χ4v) is 2.40. The lowest BCUT2D eigenvalue weighted by Crippen LogP contribution is -2.32. The van der Waals surface area contributed by atoms with E-state index in [9.17, 15) is 4.79 Å². The van der Waals surface area contributed by atoms with Gasteiger partial charge in [0.15, 0.2) is 11.5 Å². The van der Waals surface area contributed by atoms with E-state index in [4.69, 9.17) is 14.2 Å². The number of carbonyl (C=O) groups excluding carboxylic acids is 1. The van der Waals surface area contributed by atoms with Gasteiger partial charge in [-0.05, 0) is 37.7 Å². The Hall–Kier alpha value is -2.53. The monoisotopic (exact) mass is 329 g/mol. The van der Waals surface area contributed by atoms with Crippen LogP contribution in [0.4, 0.5) is 0 Å². The third kappa shape index (κ3) is 4.06. The van der Waals surface area contributed by atoms with Crippen molar-refractivity contribution in [3.05, 3.63) is 59.7 Å². The summed E-state index contributed by atoms with van der Waals surface area (Å²) in [5, 5.41) is 3.14. The molecule has 0 aliphatic heterocycles. The number of benzene rings is 2. The summed E-state index contributed by atoms with van der Waals surface area (Å²) in [5.41, 5.74) is 1.35. The van der Waals surface area contributed by atoms with Crippen LogP contribution in [-0.2, 0) is 4.74 Å². The molecule has 2 aromatic rings. The first kappa shape index (κ1) is 17.8. The zero-order chi connectivity index (χ0) is 17.5. The van der Waals surface area contributed by atoms with Crippen molar-refractivity contribution < 1.29 is 19.0 Å². The molecule has 0 heterocycles. The molecule has 2 aromatic carbocycles. The van der Waals surface area contributed by atoms with Crippen molar-refractivity contribution >= 4 is 5.97 Å². The molecule has 0 aliphatic carbocycles. The molecule has 0 aliphatic rings. The van der Waals surface area contributed by atoms with Gasteiger partial charge in [0, 0.05) is 6.04 Å². The minimum absolute atomic E-state index is 0.0310. The minimum Gasteiger partial charge on any atom is -0.493 e. The van der Waals surface area contributed by atoms with E-state index in [0.717, 1.165) is 5.56 Å². The summed E-state index contributed by atoms with van der Waals surface area (Å²) in [4.78, 5) is 12.6. The molecule has 2 atom stereocenters. The summed E-state index contributed by atoms with van der Waals surface area (Å²) in [5.74, 6) is 0.647. The van der Waals surface area contributed by atoms with Gasteiger partial charge in [0.25, 0.3) is 0 Å². The van der Waals surface area contributed by atoms with Gasteiger partial charge < -0.3 is 19.5 Å². The molecule has 5 heteroatoms. The van der Waals surface area contributed by atoms with Gasteiger partial charge in [-0.1, -0.05) is 30.3 Å². The minimum atomic E-state index is -0.410. The highest BCUT2D eigenvalue weighted by molar-refractivity contribution is 5.90. The molecule has 2 rings (SSSR count). The van der Waals surface area contributed by atoms with Crippen molar-refractivity contribution in [3.8, 4) is 11.5 Å². The van der Waals surface area contributed by atoms with Crippen LogP contribution in [0.5, 0.6) is 11.5 Å². The van der Waals surface area contributed by atoms with Crippen LogP contribution in [-0.4, -0.2) is 33.3 Å². The van der Waals surface area contributed by atoms with E-state index in [1.807, 2.05) is 44.3 Å². The van der Waals surface area contributed by atoms with Crippen molar-refractivity contribution in [2.45, 2.75) is 19.1 Å². The molecule has 0 fully saturated rings. The lowest BCUT2D eigenvalue weighted by Gasteiger charge is -2.24. The number of methoxy groups -OCH3 is 2. The average Bonchev–Trinajstić information content (AvgIpc) is 2.65. The topological polar surface area (TPSA) is 56.8 Å². The Morgan fingerprint density at radius 3 is 2.25 bits per heavy atom. The summed E-state index contributed by atoms with van der Waals surface area (Å²) in [6.07, 6.45) is -0.392. The Labute approximate surface area is 142 Å². The third-order valence-electron chi connectivity index (χ3n) is 3.89. The fourth-order valence-electron chi connectivity index (χ4n) is 2.40. The summed E-state index contributed by atoms with van der Waals surface area (Å²) in [6.45, 7) is 1.97. The quantitative estimate of drug-likeness (QED) is 0.791. The van der Waals surface area contributed by atoms with Crippen LogP contribution in [0.3, 0.4) is 0 Å². The predicted molar refractivity (Wildman–Crippen MR) is 92.7 cm³/mol. The summed E-state index contributed by atoms with van der Waals surface area (Å²) in [6, 6.07) is 14.6. The lowest BCUT2D eigenvalue weighted by atomic mass is 10.0. The third-order valence-corrected chi connectivity index (χ3v) is 3.89. The van der Waals surface area contributed by atoms with Gasteiger partial charge in [0.2, 0.25) is 0 Å². The number of hydrogen-bond acceptors (Lipinski definition) is 5. The van der Waals surface area contributed by atoms with Crippen LogP contribution in [0, 0.1) is 0 Å².